The van der Waals surface area contributed by atoms with E-state index in [0.717, 1.165) is 16.8 Å². The fourth-order valence-corrected chi connectivity index (χ4v) is 2.87. The molecule has 0 saturated carbocycles. The van der Waals surface area contributed by atoms with Crippen molar-refractivity contribution < 1.29 is 24.7 Å². The molecule has 162 valence electrons. The Morgan fingerprint density at radius 2 is 1.81 bits per heavy atom. The number of hydrogen-bond donors (Lipinski definition) is 3. The number of non-ortho nitro benzene ring substituents is 1. The number of hydrogen-bond acceptors (Lipinski definition) is 6. The van der Waals surface area contributed by atoms with Crippen LogP contribution in [0.2, 0.25) is 10.0 Å². The molecule has 0 aliphatic heterocycles. The summed E-state index contributed by atoms with van der Waals surface area (Å²) in [5, 5.41) is 29.9. The minimum absolute atomic E-state index is 0.0407. The quantitative estimate of drug-likeness (QED) is 0.289. The number of carboxylic acid groups (broad SMARTS) is 2. The third-order valence-corrected chi connectivity index (χ3v) is 4.85. The monoisotopic (exact) mass is 466 g/mol. The van der Waals surface area contributed by atoms with Gasteiger partial charge in [-0.25, -0.2) is 14.6 Å². The van der Waals surface area contributed by atoms with E-state index in [4.69, 9.17) is 43.0 Å². The second kappa shape index (κ2) is 10.4. The van der Waals surface area contributed by atoms with Gasteiger partial charge < -0.3 is 20.1 Å². The molecule has 3 N–H and O–H groups in total. The highest BCUT2D eigenvalue weighted by Crippen LogP contribution is 2.28. The molecule has 2 aromatic carbocycles. The van der Waals surface area contributed by atoms with Crippen LogP contribution < -0.4 is 5.32 Å². The Kier molecular flexibility index (Phi) is 7.94. The zero-order valence-electron chi connectivity index (χ0n) is 16.0. The number of nitro benzene ring substituents is 1. The van der Waals surface area contributed by atoms with Crippen molar-refractivity contribution in [1.29, 1.82) is 0 Å². The first-order valence-electron chi connectivity index (χ1n) is 8.51. The van der Waals surface area contributed by atoms with Gasteiger partial charge in [-0.3, -0.25) is 10.1 Å². The Balaban J connectivity index is 0.000000501. The number of anilines is 1. The molecule has 0 amide bonds. The van der Waals surface area contributed by atoms with Gasteiger partial charge in [-0.05, 0) is 11.6 Å². The number of nitrogens with one attached hydrogen (secondary N) is 1. The van der Waals surface area contributed by atoms with Gasteiger partial charge in [0, 0.05) is 31.3 Å². The number of carbonyl (C=O) groups is 2. The molecule has 0 fully saturated rings. The highest BCUT2D eigenvalue weighted by molar-refractivity contribution is 6.42. The van der Waals surface area contributed by atoms with Gasteiger partial charge in [0.2, 0.25) is 5.95 Å². The normalized spacial score (nSPS) is 10.0. The summed E-state index contributed by atoms with van der Waals surface area (Å²) < 4.78 is 1.83. The van der Waals surface area contributed by atoms with Crippen molar-refractivity contribution in [3.63, 3.8) is 0 Å². The van der Waals surface area contributed by atoms with Gasteiger partial charge in [0.15, 0.2) is 0 Å². The van der Waals surface area contributed by atoms with Gasteiger partial charge in [-0.1, -0.05) is 47.5 Å². The summed E-state index contributed by atoms with van der Waals surface area (Å²) in [7, 11) is 1.84. The third-order valence-electron chi connectivity index (χ3n) is 3.99. The van der Waals surface area contributed by atoms with E-state index in [1.54, 1.807) is 18.3 Å². The highest BCUT2D eigenvalue weighted by Gasteiger charge is 2.13. The number of aliphatic carboxylic acids is 2. The lowest BCUT2D eigenvalue weighted by molar-refractivity contribution is -0.384. The highest BCUT2D eigenvalue weighted by atomic mass is 35.5. The molecule has 0 unspecified atom stereocenters. The number of rotatable bonds is 5. The number of nitro groups is 1. The number of nitrogens with zero attached hydrogens (tertiary/aromatic N) is 3. The van der Waals surface area contributed by atoms with Crippen molar-refractivity contribution in [3.8, 4) is 11.3 Å². The lowest BCUT2D eigenvalue weighted by Crippen LogP contribution is -2.09. The molecule has 31 heavy (non-hydrogen) atoms. The van der Waals surface area contributed by atoms with Crippen LogP contribution in [0.4, 0.5) is 11.6 Å². The van der Waals surface area contributed by atoms with Gasteiger partial charge in [-0.2, -0.15) is 0 Å². The fraction of sp³-hybridized carbons (Fsp3) is 0.105. The predicted octanol–water partition coefficient (Wildman–Crippen LogP) is 4.07. The molecule has 1 heterocycles. The Hall–Kier alpha value is -3.63. The maximum Gasteiger partial charge on any atom is 0.414 e. The number of aromatic nitrogens is 2. The molecule has 0 atom stereocenters. The fourth-order valence-electron chi connectivity index (χ4n) is 2.48. The Morgan fingerprint density at radius 3 is 2.42 bits per heavy atom. The molecule has 0 radical (unpaired) electrons. The molecule has 0 spiro atoms. The molecule has 12 heteroatoms. The van der Waals surface area contributed by atoms with Gasteiger partial charge in [-0.15, -0.1) is 0 Å². The Bertz CT molecular complexity index is 1120. The largest absolute Gasteiger partial charge is 0.473 e. The second-order valence-corrected chi connectivity index (χ2v) is 6.80. The van der Waals surface area contributed by atoms with Crippen molar-refractivity contribution in [2.75, 3.05) is 5.32 Å². The van der Waals surface area contributed by atoms with Crippen molar-refractivity contribution >= 4 is 46.8 Å². The van der Waals surface area contributed by atoms with Crippen molar-refractivity contribution in [2.45, 2.75) is 6.54 Å². The van der Waals surface area contributed by atoms with E-state index in [-0.39, 0.29) is 5.69 Å². The van der Waals surface area contributed by atoms with Crippen molar-refractivity contribution in [1.82, 2.24) is 9.55 Å². The predicted molar refractivity (Wildman–Crippen MR) is 114 cm³/mol. The number of benzene rings is 2. The molecule has 3 rings (SSSR count). The molecule has 3 aromatic rings. The van der Waals surface area contributed by atoms with Crippen LogP contribution in [0.3, 0.4) is 0 Å². The van der Waals surface area contributed by atoms with Crippen LogP contribution in [0.5, 0.6) is 0 Å². The van der Waals surface area contributed by atoms with E-state index in [9.17, 15) is 10.1 Å². The van der Waals surface area contributed by atoms with E-state index in [1.165, 1.54) is 12.1 Å². The number of carboxylic acids is 2. The van der Waals surface area contributed by atoms with E-state index >= 15 is 0 Å². The van der Waals surface area contributed by atoms with Crippen LogP contribution in [-0.4, -0.2) is 36.6 Å². The molecule has 10 nitrogen and oxygen atoms in total. The maximum absolute atomic E-state index is 10.9. The SMILES string of the molecule is Cn1c(-c2cccc([N+](=O)[O-])c2)cnc1NCc1cccc(Cl)c1Cl.O=C(O)C(=O)O. The summed E-state index contributed by atoms with van der Waals surface area (Å²) in [6.07, 6.45) is 1.67. The smallest absolute Gasteiger partial charge is 0.414 e. The maximum atomic E-state index is 10.9. The first kappa shape index (κ1) is 23.6. The Morgan fingerprint density at radius 1 is 1.16 bits per heavy atom. The summed E-state index contributed by atoms with van der Waals surface area (Å²) in [5.41, 5.74) is 2.38. The lowest BCUT2D eigenvalue weighted by atomic mass is 10.1. The van der Waals surface area contributed by atoms with Crippen LogP contribution in [0.25, 0.3) is 11.3 Å². The average molecular weight is 467 g/mol. The van der Waals surface area contributed by atoms with Crippen LogP contribution in [-0.2, 0) is 23.2 Å². The molecule has 0 bridgehead atoms. The lowest BCUT2D eigenvalue weighted by Gasteiger charge is -2.10. The van der Waals surface area contributed by atoms with Crippen LogP contribution >= 0.6 is 23.2 Å². The van der Waals surface area contributed by atoms with Gasteiger partial charge in [0.25, 0.3) is 5.69 Å². The van der Waals surface area contributed by atoms with E-state index in [1.807, 2.05) is 29.8 Å². The number of halogens is 2. The van der Waals surface area contributed by atoms with Crippen LogP contribution in [0.15, 0.2) is 48.7 Å². The Labute approximate surface area is 185 Å². The second-order valence-electron chi connectivity index (χ2n) is 6.01. The minimum Gasteiger partial charge on any atom is -0.473 e. The summed E-state index contributed by atoms with van der Waals surface area (Å²) in [6, 6.07) is 11.9. The van der Waals surface area contributed by atoms with Crippen LogP contribution in [0, 0.1) is 10.1 Å². The van der Waals surface area contributed by atoms with Crippen molar-refractivity contribution in [2.24, 2.45) is 7.05 Å². The molecule has 0 aliphatic carbocycles. The topological polar surface area (TPSA) is 148 Å². The molecular weight excluding hydrogens is 451 g/mol. The molecular formula is C19H16Cl2N4O6. The van der Waals surface area contributed by atoms with E-state index in [0.29, 0.717) is 22.5 Å². The third kappa shape index (κ3) is 6.17. The standard InChI is InChI=1S/C17H14Cl2N4O2.C2H2O4/c1-22-15(11-4-2-6-13(8-11)23(24)25)10-21-17(22)20-9-12-5-3-7-14(18)16(12)19;3-1(4)2(5)6/h2-8,10H,9H2,1H3,(H,20,21);(H,3,4)(H,5,6). The summed E-state index contributed by atoms with van der Waals surface area (Å²) in [5.74, 6) is -3.03. The minimum atomic E-state index is -1.82. The zero-order valence-corrected chi connectivity index (χ0v) is 17.5. The molecule has 0 aliphatic rings. The summed E-state index contributed by atoms with van der Waals surface area (Å²) in [4.78, 5) is 33.1. The average Bonchev–Trinajstić information content (AvgIpc) is 3.10. The number of imidazole rings is 1. The first-order chi connectivity index (χ1) is 14.6. The van der Waals surface area contributed by atoms with Gasteiger partial charge in [0.05, 0.1) is 26.9 Å². The van der Waals surface area contributed by atoms with Gasteiger partial charge in [0.1, 0.15) is 0 Å². The first-order valence-corrected chi connectivity index (χ1v) is 9.27. The van der Waals surface area contributed by atoms with Crippen LogP contribution in [0.1, 0.15) is 5.56 Å². The van der Waals surface area contributed by atoms with E-state index in [2.05, 4.69) is 10.3 Å². The molecule has 1 aromatic heterocycles. The zero-order chi connectivity index (χ0) is 23.1. The molecule has 0 saturated heterocycles. The summed E-state index contributed by atoms with van der Waals surface area (Å²) in [6.45, 7) is 0.457. The summed E-state index contributed by atoms with van der Waals surface area (Å²) >= 11 is 12.2. The van der Waals surface area contributed by atoms with Crippen molar-refractivity contribution in [3.05, 3.63) is 74.4 Å². The van der Waals surface area contributed by atoms with Gasteiger partial charge >= 0.3 is 11.9 Å². The van der Waals surface area contributed by atoms with E-state index < -0.39 is 16.9 Å².